The molecule has 2 aromatic carbocycles. The van der Waals surface area contributed by atoms with Crippen LogP contribution in [0.4, 0.5) is 5.69 Å². The Morgan fingerprint density at radius 2 is 2.00 bits per heavy atom. The highest BCUT2D eigenvalue weighted by molar-refractivity contribution is 7.99. The summed E-state index contributed by atoms with van der Waals surface area (Å²) < 4.78 is 0. The van der Waals surface area contributed by atoms with Crippen LogP contribution >= 0.6 is 11.8 Å². The number of aryl methyl sites for hydroxylation is 1. The van der Waals surface area contributed by atoms with Crippen molar-refractivity contribution in [3.63, 3.8) is 0 Å². The molecule has 1 nitrogen and oxygen atoms in total. The quantitative estimate of drug-likeness (QED) is 0.888. The molecule has 0 spiro atoms. The summed E-state index contributed by atoms with van der Waals surface area (Å²) >= 11 is 2.00. The van der Waals surface area contributed by atoms with E-state index in [0.29, 0.717) is 0 Å². The molecule has 0 saturated heterocycles. The predicted molar refractivity (Wildman–Crippen MR) is 84.3 cm³/mol. The van der Waals surface area contributed by atoms with Gasteiger partial charge < -0.3 is 5.32 Å². The van der Waals surface area contributed by atoms with Crippen LogP contribution in [-0.4, -0.2) is 12.8 Å². The lowest BCUT2D eigenvalue weighted by Gasteiger charge is -2.16. The van der Waals surface area contributed by atoms with Crippen LogP contribution < -0.4 is 5.32 Å². The van der Waals surface area contributed by atoms with Crippen molar-refractivity contribution in [2.24, 2.45) is 0 Å². The van der Waals surface area contributed by atoms with Crippen LogP contribution in [0, 0.1) is 0 Å². The van der Waals surface area contributed by atoms with Gasteiger partial charge in [0.2, 0.25) is 0 Å². The van der Waals surface area contributed by atoms with E-state index in [2.05, 4.69) is 47.8 Å². The number of anilines is 1. The Kier molecular flexibility index (Phi) is 3.79. The van der Waals surface area contributed by atoms with Crippen molar-refractivity contribution in [2.75, 3.05) is 18.1 Å². The number of fused-ring (bicyclic) bond motifs is 1. The topological polar surface area (TPSA) is 12.0 Å². The molecule has 3 rings (SSSR count). The van der Waals surface area contributed by atoms with Gasteiger partial charge in [0, 0.05) is 17.6 Å². The van der Waals surface area contributed by atoms with Gasteiger partial charge in [-0.25, -0.2) is 0 Å². The lowest BCUT2D eigenvalue weighted by Crippen LogP contribution is -2.00. The molecule has 2 aromatic rings. The van der Waals surface area contributed by atoms with Gasteiger partial charge in [0.05, 0.1) is 0 Å². The highest BCUT2D eigenvalue weighted by atomic mass is 32.2. The van der Waals surface area contributed by atoms with E-state index in [0.717, 1.165) is 6.42 Å². The molecule has 0 radical (unpaired) electrons. The average molecular weight is 269 g/mol. The zero-order chi connectivity index (χ0) is 13.1. The van der Waals surface area contributed by atoms with Gasteiger partial charge in [-0.2, -0.15) is 0 Å². The third-order valence-electron chi connectivity index (χ3n) is 3.60. The van der Waals surface area contributed by atoms with E-state index in [1.165, 1.54) is 40.3 Å². The van der Waals surface area contributed by atoms with E-state index < -0.39 is 0 Å². The van der Waals surface area contributed by atoms with Crippen LogP contribution in [0.25, 0.3) is 0 Å². The maximum atomic E-state index is 3.20. The Bertz CT molecular complexity index is 577. The fourth-order valence-corrected chi connectivity index (χ4v) is 3.62. The number of thioether (sulfide) groups is 1. The molecule has 0 atom stereocenters. The Balaban J connectivity index is 1.82. The van der Waals surface area contributed by atoms with Gasteiger partial charge in [0.25, 0.3) is 0 Å². The van der Waals surface area contributed by atoms with Gasteiger partial charge in [0.15, 0.2) is 0 Å². The predicted octanol–water partition coefficient (Wildman–Crippen LogP) is 4.36. The van der Waals surface area contributed by atoms with Crippen LogP contribution in [0.2, 0.25) is 0 Å². The first-order chi connectivity index (χ1) is 9.35. The molecule has 0 aromatic heterocycles. The van der Waals surface area contributed by atoms with E-state index in [4.69, 9.17) is 0 Å². The largest absolute Gasteiger partial charge is 0.388 e. The Morgan fingerprint density at radius 3 is 2.89 bits per heavy atom. The van der Waals surface area contributed by atoms with Gasteiger partial charge in [-0.1, -0.05) is 24.3 Å². The van der Waals surface area contributed by atoms with Gasteiger partial charge in [-0.15, -0.1) is 11.8 Å². The van der Waals surface area contributed by atoms with E-state index in [1.54, 1.807) is 5.56 Å². The van der Waals surface area contributed by atoms with Crippen molar-refractivity contribution in [3.05, 3.63) is 59.2 Å². The summed E-state index contributed by atoms with van der Waals surface area (Å²) in [5.74, 6) is 1.27. The maximum Gasteiger partial charge on any atom is 0.0340 e. The summed E-state index contributed by atoms with van der Waals surface area (Å²) in [5, 5.41) is 3.20. The normalized spacial score (nSPS) is 13.9. The molecule has 1 aliphatic rings. The fraction of sp³-hybridized carbons (Fsp3) is 0.294. The van der Waals surface area contributed by atoms with E-state index >= 15 is 0 Å². The summed E-state index contributed by atoms with van der Waals surface area (Å²) in [7, 11) is 1.97. The van der Waals surface area contributed by atoms with Gasteiger partial charge in [0.1, 0.15) is 0 Å². The molecule has 19 heavy (non-hydrogen) atoms. The molecule has 1 heterocycles. The second kappa shape index (κ2) is 5.70. The monoisotopic (exact) mass is 269 g/mol. The van der Waals surface area contributed by atoms with Crippen molar-refractivity contribution >= 4 is 17.4 Å². The first kappa shape index (κ1) is 12.6. The molecule has 0 aliphatic carbocycles. The van der Waals surface area contributed by atoms with Crippen molar-refractivity contribution in [1.82, 2.24) is 0 Å². The summed E-state index contributed by atoms with van der Waals surface area (Å²) in [6.07, 6.45) is 3.58. The summed E-state index contributed by atoms with van der Waals surface area (Å²) in [6.45, 7) is 0. The smallest absolute Gasteiger partial charge is 0.0340 e. The minimum absolute atomic E-state index is 1.02. The maximum absolute atomic E-state index is 3.20. The molecule has 0 amide bonds. The molecular formula is C17H19NS. The highest BCUT2D eigenvalue weighted by Gasteiger charge is 2.10. The number of nitrogens with one attached hydrogen (secondary N) is 1. The Labute approximate surface area is 119 Å². The lowest BCUT2D eigenvalue weighted by atomic mass is 10.0. The van der Waals surface area contributed by atoms with Gasteiger partial charge in [-0.05, 0) is 59.9 Å². The zero-order valence-electron chi connectivity index (χ0n) is 11.3. The third-order valence-corrected chi connectivity index (χ3v) is 4.80. The molecular weight excluding hydrogens is 250 g/mol. The molecule has 98 valence electrons. The SMILES string of the molecule is CNc1cccc(Cc2ccc3c(c2)CCCS3)c1. The summed E-state index contributed by atoms with van der Waals surface area (Å²) in [4.78, 5) is 1.49. The van der Waals surface area contributed by atoms with Crippen LogP contribution in [0.15, 0.2) is 47.4 Å². The van der Waals surface area contributed by atoms with Crippen molar-refractivity contribution in [1.29, 1.82) is 0 Å². The molecule has 2 heteroatoms. The second-order valence-corrected chi connectivity index (χ2v) is 6.16. The van der Waals surface area contributed by atoms with E-state index in [1.807, 2.05) is 18.8 Å². The molecule has 0 fully saturated rings. The second-order valence-electron chi connectivity index (χ2n) is 5.02. The summed E-state index contributed by atoms with van der Waals surface area (Å²) in [6, 6.07) is 15.6. The summed E-state index contributed by atoms with van der Waals surface area (Å²) in [5.41, 5.74) is 5.52. The molecule has 0 unspecified atom stereocenters. The number of hydrogen-bond acceptors (Lipinski definition) is 2. The average Bonchev–Trinajstić information content (AvgIpc) is 2.47. The number of benzene rings is 2. The Hall–Kier alpha value is -1.41. The van der Waals surface area contributed by atoms with E-state index in [-0.39, 0.29) is 0 Å². The number of hydrogen-bond donors (Lipinski definition) is 1. The first-order valence-corrected chi connectivity index (χ1v) is 7.85. The lowest BCUT2D eigenvalue weighted by molar-refractivity contribution is 0.885. The number of rotatable bonds is 3. The van der Waals surface area contributed by atoms with Gasteiger partial charge in [-0.3, -0.25) is 0 Å². The van der Waals surface area contributed by atoms with Crippen LogP contribution in [0.3, 0.4) is 0 Å². The molecule has 0 saturated carbocycles. The van der Waals surface area contributed by atoms with Crippen LogP contribution in [0.1, 0.15) is 23.1 Å². The minimum atomic E-state index is 1.02. The Morgan fingerprint density at radius 1 is 1.11 bits per heavy atom. The fourth-order valence-electron chi connectivity index (χ4n) is 2.60. The third kappa shape index (κ3) is 2.95. The van der Waals surface area contributed by atoms with Crippen molar-refractivity contribution in [2.45, 2.75) is 24.2 Å². The highest BCUT2D eigenvalue weighted by Crippen LogP contribution is 2.31. The van der Waals surface area contributed by atoms with Crippen molar-refractivity contribution in [3.8, 4) is 0 Å². The van der Waals surface area contributed by atoms with E-state index in [9.17, 15) is 0 Å². The molecule has 1 N–H and O–H groups in total. The minimum Gasteiger partial charge on any atom is -0.388 e. The van der Waals surface area contributed by atoms with Gasteiger partial charge >= 0.3 is 0 Å². The van der Waals surface area contributed by atoms with Crippen LogP contribution in [0.5, 0.6) is 0 Å². The van der Waals surface area contributed by atoms with Crippen LogP contribution in [-0.2, 0) is 12.8 Å². The first-order valence-electron chi connectivity index (χ1n) is 6.86. The molecule has 1 aliphatic heterocycles. The molecule has 0 bridgehead atoms. The standard InChI is InChI=1S/C17H19NS/c1-18-16-6-2-4-13(12-16)10-14-7-8-17-15(11-14)5-3-9-19-17/h2,4,6-8,11-12,18H,3,5,9-10H2,1H3. The van der Waals surface area contributed by atoms with Crippen molar-refractivity contribution < 1.29 is 0 Å². The zero-order valence-corrected chi connectivity index (χ0v) is 12.1.